The minimum absolute atomic E-state index is 0.00310. The maximum atomic E-state index is 12.5. The van der Waals surface area contributed by atoms with Gasteiger partial charge in [0.1, 0.15) is 0 Å². The van der Waals surface area contributed by atoms with E-state index in [4.69, 9.17) is 0 Å². The molecule has 1 saturated carbocycles. The number of piperidine rings is 1. The number of likely N-dealkylation sites (tertiary alicyclic amines) is 1. The van der Waals surface area contributed by atoms with Gasteiger partial charge in [0.25, 0.3) is 0 Å². The van der Waals surface area contributed by atoms with Crippen molar-refractivity contribution in [2.75, 3.05) is 18.4 Å². The number of hydrogen-bond donors (Lipinski definition) is 1. The van der Waals surface area contributed by atoms with Crippen molar-refractivity contribution in [3.05, 3.63) is 11.1 Å². The monoisotopic (exact) mass is 335 g/mol. The van der Waals surface area contributed by atoms with Gasteiger partial charge < -0.3 is 10.2 Å². The summed E-state index contributed by atoms with van der Waals surface area (Å²) in [6.07, 6.45) is 5.01. The van der Waals surface area contributed by atoms with E-state index in [9.17, 15) is 9.59 Å². The summed E-state index contributed by atoms with van der Waals surface area (Å²) in [5.74, 6) is 0.704. The van der Waals surface area contributed by atoms with Crippen molar-refractivity contribution in [3.63, 3.8) is 0 Å². The van der Waals surface area contributed by atoms with Gasteiger partial charge in [0.05, 0.1) is 11.6 Å². The van der Waals surface area contributed by atoms with E-state index in [1.54, 1.807) is 0 Å². The van der Waals surface area contributed by atoms with Crippen molar-refractivity contribution < 1.29 is 9.59 Å². The smallest absolute Gasteiger partial charge is 0.231 e. The van der Waals surface area contributed by atoms with Crippen LogP contribution in [0.2, 0.25) is 0 Å². The second-order valence-corrected chi connectivity index (χ2v) is 7.63. The molecule has 6 heteroatoms. The molecule has 1 aromatic rings. The number of nitrogens with zero attached hydrogens (tertiary/aromatic N) is 2. The first kappa shape index (κ1) is 16.4. The maximum Gasteiger partial charge on any atom is 0.231 e. The molecule has 0 aromatic carbocycles. The Hall–Kier alpha value is -1.43. The normalized spacial score (nSPS) is 22.7. The number of rotatable bonds is 5. The molecule has 2 amide bonds. The molecular weight excluding hydrogens is 310 g/mol. The summed E-state index contributed by atoms with van der Waals surface area (Å²) in [6.45, 7) is 5.30. The van der Waals surface area contributed by atoms with Crippen molar-refractivity contribution in [3.8, 4) is 0 Å². The summed E-state index contributed by atoms with van der Waals surface area (Å²) in [5, 5.41) is 5.69. The number of nitrogens with one attached hydrogen (secondary N) is 1. The summed E-state index contributed by atoms with van der Waals surface area (Å²) in [5.41, 5.74) is 1.11. The zero-order chi connectivity index (χ0) is 16.4. The van der Waals surface area contributed by atoms with Crippen LogP contribution in [0.1, 0.15) is 57.6 Å². The molecule has 23 heavy (non-hydrogen) atoms. The average Bonchev–Trinajstić information content (AvgIpc) is 3.33. The molecule has 2 heterocycles. The van der Waals surface area contributed by atoms with Crippen molar-refractivity contribution in [2.45, 2.75) is 51.9 Å². The third kappa shape index (κ3) is 3.91. The van der Waals surface area contributed by atoms with Gasteiger partial charge in [-0.15, -0.1) is 11.3 Å². The highest BCUT2D eigenvalue weighted by molar-refractivity contribution is 7.13. The van der Waals surface area contributed by atoms with Crippen LogP contribution in [-0.4, -0.2) is 34.8 Å². The van der Waals surface area contributed by atoms with Crippen LogP contribution in [0.5, 0.6) is 0 Å². The number of aromatic nitrogens is 1. The number of amides is 2. The second-order valence-electron chi connectivity index (χ2n) is 6.77. The lowest BCUT2D eigenvalue weighted by Gasteiger charge is -2.33. The predicted molar refractivity (Wildman–Crippen MR) is 91.5 cm³/mol. The molecule has 1 aliphatic heterocycles. The molecule has 0 spiro atoms. The molecule has 5 nitrogen and oxygen atoms in total. The number of thiazole rings is 1. The van der Waals surface area contributed by atoms with Crippen LogP contribution in [-0.2, 0) is 9.59 Å². The van der Waals surface area contributed by atoms with Crippen molar-refractivity contribution in [1.29, 1.82) is 0 Å². The van der Waals surface area contributed by atoms with E-state index >= 15 is 0 Å². The summed E-state index contributed by atoms with van der Waals surface area (Å²) >= 11 is 1.50. The Morgan fingerprint density at radius 3 is 2.91 bits per heavy atom. The fourth-order valence-corrected chi connectivity index (χ4v) is 3.79. The van der Waals surface area contributed by atoms with E-state index in [1.807, 2.05) is 24.1 Å². The van der Waals surface area contributed by atoms with Crippen LogP contribution in [0, 0.1) is 11.8 Å². The third-order valence-electron chi connectivity index (χ3n) is 4.89. The average molecular weight is 335 g/mol. The standard InChI is InChI=1S/C17H25N3O2S/c1-3-11(2)16(22)20-8-4-5-13(9-20)15(21)19-17-18-14(10-23-17)12-6-7-12/h10-13H,3-9H2,1-2H3,(H,18,19,21). The van der Waals surface area contributed by atoms with Gasteiger partial charge in [0.2, 0.25) is 11.8 Å². The van der Waals surface area contributed by atoms with E-state index in [-0.39, 0.29) is 23.7 Å². The first-order valence-corrected chi connectivity index (χ1v) is 9.51. The fraction of sp³-hybridized carbons (Fsp3) is 0.706. The first-order valence-electron chi connectivity index (χ1n) is 8.63. The summed E-state index contributed by atoms with van der Waals surface area (Å²) in [4.78, 5) is 31.2. The Kier molecular flexibility index (Phi) is 4.99. The van der Waals surface area contributed by atoms with Crippen LogP contribution < -0.4 is 5.32 Å². The van der Waals surface area contributed by atoms with Gasteiger partial charge in [-0.05, 0) is 32.1 Å². The van der Waals surface area contributed by atoms with E-state index in [0.717, 1.165) is 31.5 Å². The first-order chi connectivity index (χ1) is 11.1. The van der Waals surface area contributed by atoms with Gasteiger partial charge in [-0.25, -0.2) is 4.98 Å². The molecule has 2 fully saturated rings. The van der Waals surface area contributed by atoms with Gasteiger partial charge in [0, 0.05) is 30.3 Å². The molecule has 2 aliphatic rings. The van der Waals surface area contributed by atoms with Gasteiger partial charge >= 0.3 is 0 Å². The minimum Gasteiger partial charge on any atom is -0.342 e. The van der Waals surface area contributed by atoms with Gasteiger partial charge in [-0.1, -0.05) is 13.8 Å². The molecule has 0 bridgehead atoms. The topological polar surface area (TPSA) is 62.3 Å². The van der Waals surface area contributed by atoms with Crippen LogP contribution >= 0.6 is 11.3 Å². The van der Waals surface area contributed by atoms with E-state index in [0.29, 0.717) is 17.6 Å². The molecule has 2 unspecified atom stereocenters. The molecule has 1 aliphatic carbocycles. The van der Waals surface area contributed by atoms with Crippen molar-refractivity contribution in [1.82, 2.24) is 9.88 Å². The lowest BCUT2D eigenvalue weighted by atomic mass is 9.95. The molecular formula is C17H25N3O2S. The molecule has 2 atom stereocenters. The summed E-state index contributed by atoms with van der Waals surface area (Å²) < 4.78 is 0. The highest BCUT2D eigenvalue weighted by Crippen LogP contribution is 2.40. The van der Waals surface area contributed by atoms with Crippen molar-refractivity contribution >= 4 is 28.3 Å². The Morgan fingerprint density at radius 1 is 1.43 bits per heavy atom. The molecule has 1 aromatic heterocycles. The quantitative estimate of drug-likeness (QED) is 0.898. The van der Waals surface area contributed by atoms with Crippen LogP contribution in [0.15, 0.2) is 5.38 Å². The Morgan fingerprint density at radius 2 is 2.22 bits per heavy atom. The fourth-order valence-electron chi connectivity index (χ4n) is 3.00. The van der Waals surface area contributed by atoms with Crippen LogP contribution in [0.3, 0.4) is 0 Å². The molecule has 0 radical (unpaired) electrons. The molecule has 126 valence electrons. The zero-order valence-corrected chi connectivity index (χ0v) is 14.7. The number of anilines is 1. The second kappa shape index (κ2) is 6.99. The molecule has 3 rings (SSSR count). The summed E-state index contributed by atoms with van der Waals surface area (Å²) in [6, 6.07) is 0. The van der Waals surface area contributed by atoms with Crippen LogP contribution in [0.25, 0.3) is 0 Å². The number of carbonyl (C=O) groups is 2. The van der Waals surface area contributed by atoms with Gasteiger partial charge in [-0.2, -0.15) is 0 Å². The number of hydrogen-bond acceptors (Lipinski definition) is 4. The Bertz CT molecular complexity index is 582. The molecule has 1 saturated heterocycles. The zero-order valence-electron chi connectivity index (χ0n) is 13.9. The lowest BCUT2D eigenvalue weighted by Crippen LogP contribution is -2.45. The van der Waals surface area contributed by atoms with E-state index in [2.05, 4.69) is 10.3 Å². The third-order valence-corrected chi connectivity index (χ3v) is 5.66. The number of carbonyl (C=O) groups excluding carboxylic acids is 2. The van der Waals surface area contributed by atoms with Crippen molar-refractivity contribution in [2.24, 2.45) is 11.8 Å². The van der Waals surface area contributed by atoms with Gasteiger partial charge in [-0.3, -0.25) is 9.59 Å². The largest absolute Gasteiger partial charge is 0.342 e. The van der Waals surface area contributed by atoms with Gasteiger partial charge in [0.15, 0.2) is 5.13 Å². The van der Waals surface area contributed by atoms with Crippen LogP contribution in [0.4, 0.5) is 5.13 Å². The SMILES string of the molecule is CCC(C)C(=O)N1CCCC(C(=O)Nc2nc(C3CC3)cs2)C1. The highest BCUT2D eigenvalue weighted by atomic mass is 32.1. The Labute approximate surface area is 141 Å². The predicted octanol–water partition coefficient (Wildman–Crippen LogP) is 3.24. The maximum absolute atomic E-state index is 12.5. The summed E-state index contributed by atoms with van der Waals surface area (Å²) in [7, 11) is 0. The molecule has 1 N–H and O–H groups in total. The minimum atomic E-state index is -0.120. The lowest BCUT2D eigenvalue weighted by molar-refractivity contribution is -0.138. The highest BCUT2D eigenvalue weighted by Gasteiger charge is 2.31. The van der Waals surface area contributed by atoms with E-state index in [1.165, 1.54) is 24.2 Å². The van der Waals surface area contributed by atoms with E-state index < -0.39 is 0 Å². The Balaban J connectivity index is 1.56.